The van der Waals surface area contributed by atoms with E-state index < -0.39 is 6.04 Å². The first-order valence-corrected chi connectivity index (χ1v) is 8.99. The third kappa shape index (κ3) is 3.32. The number of nitrogens with zero attached hydrogens (tertiary/aromatic N) is 2. The molecule has 5 nitrogen and oxygen atoms in total. The molecule has 0 bridgehead atoms. The summed E-state index contributed by atoms with van der Waals surface area (Å²) in [4.78, 5) is 13.6. The smallest absolute Gasteiger partial charge is 0.247 e. The highest BCUT2D eigenvalue weighted by molar-refractivity contribution is 7.71. The zero-order chi connectivity index (χ0) is 17.1. The van der Waals surface area contributed by atoms with E-state index in [1.165, 1.54) is 5.56 Å². The third-order valence-electron chi connectivity index (χ3n) is 3.84. The maximum absolute atomic E-state index is 12.6. The van der Waals surface area contributed by atoms with Gasteiger partial charge in [-0.25, -0.2) is 0 Å². The van der Waals surface area contributed by atoms with E-state index in [4.69, 9.17) is 12.2 Å². The van der Waals surface area contributed by atoms with E-state index in [-0.39, 0.29) is 5.91 Å². The van der Waals surface area contributed by atoms with Crippen molar-refractivity contribution in [1.82, 2.24) is 14.8 Å². The van der Waals surface area contributed by atoms with Crippen molar-refractivity contribution in [1.29, 1.82) is 0 Å². The Morgan fingerprint density at radius 1 is 1.38 bits per heavy atom. The van der Waals surface area contributed by atoms with Gasteiger partial charge >= 0.3 is 0 Å². The highest BCUT2D eigenvalue weighted by Gasteiger charge is 2.21. The summed E-state index contributed by atoms with van der Waals surface area (Å²) in [5, 5.41) is 12.0. The zero-order valence-corrected chi connectivity index (χ0v) is 15.1. The van der Waals surface area contributed by atoms with Crippen LogP contribution >= 0.6 is 23.6 Å². The maximum Gasteiger partial charge on any atom is 0.247 e. The number of H-pyrrole nitrogens is 1. The number of hydrogen-bond donors (Lipinski definition) is 2. The largest absolute Gasteiger partial charge is 0.324 e. The molecule has 2 heterocycles. The fourth-order valence-electron chi connectivity index (χ4n) is 2.43. The van der Waals surface area contributed by atoms with Crippen LogP contribution < -0.4 is 5.32 Å². The summed E-state index contributed by atoms with van der Waals surface area (Å²) >= 11 is 6.87. The molecule has 0 spiro atoms. The predicted molar refractivity (Wildman–Crippen MR) is 99.9 cm³/mol. The average molecular weight is 358 g/mol. The van der Waals surface area contributed by atoms with Gasteiger partial charge in [0.25, 0.3) is 0 Å². The van der Waals surface area contributed by atoms with E-state index in [1.54, 1.807) is 15.9 Å². The lowest BCUT2D eigenvalue weighted by molar-refractivity contribution is -0.118. The van der Waals surface area contributed by atoms with Gasteiger partial charge in [0.1, 0.15) is 6.04 Å². The number of amides is 1. The lowest BCUT2D eigenvalue weighted by atomic mass is 10.1. The summed E-state index contributed by atoms with van der Waals surface area (Å²) in [6.45, 7) is 3.92. The number of benzene rings is 1. The van der Waals surface area contributed by atoms with E-state index in [1.807, 2.05) is 48.7 Å². The number of nitrogens with one attached hydrogen (secondary N) is 2. The maximum atomic E-state index is 12.6. The van der Waals surface area contributed by atoms with Gasteiger partial charge < -0.3 is 5.32 Å². The average Bonchev–Trinajstić information content (AvgIpc) is 3.24. The molecule has 7 heteroatoms. The second kappa shape index (κ2) is 7.11. The van der Waals surface area contributed by atoms with E-state index >= 15 is 0 Å². The molecule has 0 fully saturated rings. The van der Waals surface area contributed by atoms with Crippen LogP contribution in [0, 0.1) is 4.77 Å². The van der Waals surface area contributed by atoms with Crippen molar-refractivity contribution in [2.45, 2.75) is 26.3 Å². The van der Waals surface area contributed by atoms with Crippen LogP contribution in [0.15, 0.2) is 41.8 Å². The standard InChI is InChI=1S/C17H18N4OS2/c1-3-12-6-8-13(9-7-12)18-16(22)11(2)21-15(19-20-17(21)23)14-5-4-10-24-14/h4-11H,3H2,1-2H3,(H,18,22)(H,20,23)/t11-/m1/s1. The number of carbonyl (C=O) groups is 1. The van der Waals surface area contributed by atoms with Gasteiger partial charge in [-0.3, -0.25) is 14.5 Å². The number of hydrogen-bond acceptors (Lipinski definition) is 4. The molecule has 1 amide bonds. The highest BCUT2D eigenvalue weighted by Crippen LogP contribution is 2.26. The molecule has 24 heavy (non-hydrogen) atoms. The fourth-order valence-corrected chi connectivity index (χ4v) is 3.43. The number of aromatic amines is 1. The lowest BCUT2D eigenvalue weighted by Gasteiger charge is -2.15. The van der Waals surface area contributed by atoms with Crippen LogP contribution in [0.4, 0.5) is 5.69 Å². The van der Waals surface area contributed by atoms with Crippen molar-refractivity contribution in [2.24, 2.45) is 0 Å². The van der Waals surface area contributed by atoms with Crippen LogP contribution in [0.1, 0.15) is 25.5 Å². The summed E-state index contributed by atoms with van der Waals surface area (Å²) in [6.07, 6.45) is 0.971. The SMILES string of the molecule is CCc1ccc(NC(=O)[C@@H](C)n2c(-c3cccs3)n[nH]c2=S)cc1. The third-order valence-corrected chi connectivity index (χ3v) is 5.00. The molecule has 3 aromatic rings. The van der Waals surface area contributed by atoms with E-state index in [9.17, 15) is 4.79 Å². The quantitative estimate of drug-likeness (QED) is 0.663. The molecule has 124 valence electrons. The van der Waals surface area contributed by atoms with Crippen LogP contribution in [0.25, 0.3) is 10.7 Å². The molecule has 0 radical (unpaired) electrons. The van der Waals surface area contributed by atoms with Crippen molar-refractivity contribution in [2.75, 3.05) is 5.32 Å². The molecular formula is C17H18N4OS2. The number of anilines is 1. The zero-order valence-electron chi connectivity index (χ0n) is 13.4. The van der Waals surface area contributed by atoms with Crippen LogP contribution in [0.5, 0.6) is 0 Å². The van der Waals surface area contributed by atoms with Gasteiger partial charge in [-0.05, 0) is 54.7 Å². The van der Waals surface area contributed by atoms with E-state index in [0.29, 0.717) is 10.6 Å². The Labute approximate surface area is 149 Å². The van der Waals surface area contributed by atoms with Gasteiger partial charge in [0.15, 0.2) is 10.6 Å². The Bertz CT molecular complexity index is 878. The number of carbonyl (C=O) groups excluding carboxylic acids is 1. The summed E-state index contributed by atoms with van der Waals surface area (Å²) in [6, 6.07) is 11.3. The minimum Gasteiger partial charge on any atom is -0.324 e. The monoisotopic (exact) mass is 358 g/mol. The molecule has 0 aliphatic heterocycles. The summed E-state index contributed by atoms with van der Waals surface area (Å²) in [5.41, 5.74) is 2.01. The normalized spacial score (nSPS) is 12.1. The van der Waals surface area contributed by atoms with Gasteiger partial charge in [-0.1, -0.05) is 25.1 Å². The van der Waals surface area contributed by atoms with Crippen molar-refractivity contribution in [3.8, 4) is 10.7 Å². The van der Waals surface area contributed by atoms with Crippen molar-refractivity contribution in [3.63, 3.8) is 0 Å². The molecule has 1 atom stereocenters. The van der Waals surface area contributed by atoms with E-state index in [0.717, 1.165) is 17.0 Å². The first-order chi connectivity index (χ1) is 11.6. The van der Waals surface area contributed by atoms with Gasteiger partial charge in [0, 0.05) is 5.69 Å². The predicted octanol–water partition coefficient (Wildman–Crippen LogP) is 4.43. The van der Waals surface area contributed by atoms with Gasteiger partial charge in [0.2, 0.25) is 5.91 Å². The molecular weight excluding hydrogens is 340 g/mol. The van der Waals surface area contributed by atoms with Crippen LogP contribution in [-0.2, 0) is 11.2 Å². The van der Waals surface area contributed by atoms with Crippen molar-refractivity contribution >= 4 is 35.1 Å². The summed E-state index contributed by atoms with van der Waals surface area (Å²) in [5.74, 6) is 0.550. The second-order valence-corrected chi connectivity index (χ2v) is 6.75. The Kier molecular flexibility index (Phi) is 4.92. The minimum atomic E-state index is -0.473. The highest BCUT2D eigenvalue weighted by atomic mass is 32.1. The molecule has 0 unspecified atom stereocenters. The first kappa shape index (κ1) is 16.6. The molecule has 2 aromatic heterocycles. The van der Waals surface area contributed by atoms with E-state index in [2.05, 4.69) is 22.4 Å². The Balaban J connectivity index is 1.83. The molecule has 0 aliphatic carbocycles. The molecule has 0 saturated heterocycles. The molecule has 1 aromatic carbocycles. The number of thiophene rings is 1. The Morgan fingerprint density at radius 3 is 2.75 bits per heavy atom. The van der Waals surface area contributed by atoms with Crippen molar-refractivity contribution < 1.29 is 4.79 Å². The van der Waals surface area contributed by atoms with Gasteiger partial charge in [-0.2, -0.15) is 5.10 Å². The molecule has 0 saturated carbocycles. The number of aromatic nitrogens is 3. The second-order valence-electron chi connectivity index (χ2n) is 5.42. The molecule has 3 rings (SSSR count). The van der Waals surface area contributed by atoms with Crippen molar-refractivity contribution in [3.05, 3.63) is 52.1 Å². The number of rotatable bonds is 5. The lowest BCUT2D eigenvalue weighted by Crippen LogP contribution is -2.24. The Hall–Kier alpha value is -2.25. The summed E-state index contributed by atoms with van der Waals surface area (Å²) in [7, 11) is 0. The van der Waals surface area contributed by atoms with Crippen LogP contribution in [-0.4, -0.2) is 20.7 Å². The van der Waals surface area contributed by atoms with Gasteiger partial charge in [0.05, 0.1) is 4.88 Å². The van der Waals surface area contributed by atoms with Gasteiger partial charge in [-0.15, -0.1) is 11.3 Å². The fraction of sp³-hybridized carbons (Fsp3) is 0.235. The van der Waals surface area contributed by atoms with Crippen LogP contribution in [0.2, 0.25) is 0 Å². The van der Waals surface area contributed by atoms with Crippen LogP contribution in [0.3, 0.4) is 0 Å². The summed E-state index contributed by atoms with van der Waals surface area (Å²) < 4.78 is 2.18. The topological polar surface area (TPSA) is 62.7 Å². The molecule has 0 aliphatic rings. The first-order valence-electron chi connectivity index (χ1n) is 7.70. The Morgan fingerprint density at radius 2 is 2.12 bits per heavy atom. The minimum absolute atomic E-state index is 0.130. The molecule has 2 N–H and O–H groups in total. The number of aryl methyl sites for hydroxylation is 1.